The summed E-state index contributed by atoms with van der Waals surface area (Å²) in [6, 6.07) is 26.1. The second kappa shape index (κ2) is 8.71. The van der Waals surface area contributed by atoms with E-state index in [1.54, 1.807) is 18.2 Å². The molecule has 7 nitrogen and oxygen atoms in total. The Morgan fingerprint density at radius 1 is 0.939 bits per heavy atom. The molecule has 0 aromatic heterocycles. The minimum absolute atomic E-state index is 0.164. The van der Waals surface area contributed by atoms with E-state index >= 15 is 0 Å². The number of nitrogens with two attached hydrogens (primary N) is 1. The number of hydrogen-bond donors (Lipinski definition) is 1. The van der Waals surface area contributed by atoms with E-state index in [1.165, 1.54) is 16.3 Å². The van der Waals surface area contributed by atoms with Crippen LogP contribution in [0.4, 0.5) is 5.69 Å². The van der Waals surface area contributed by atoms with Gasteiger partial charge in [-0.1, -0.05) is 72.8 Å². The third-order valence-corrected chi connectivity index (χ3v) is 7.10. The molecule has 1 amide bonds. The quantitative estimate of drug-likeness (QED) is 0.584. The number of amides is 1. The molecule has 170 valence electrons. The third kappa shape index (κ3) is 4.21. The van der Waals surface area contributed by atoms with Crippen LogP contribution in [-0.2, 0) is 26.8 Å². The molecule has 2 N–H and O–H groups in total. The van der Waals surface area contributed by atoms with Crippen LogP contribution in [-0.4, -0.2) is 45.0 Å². The number of aliphatic imine (C=N–C) groups is 1. The van der Waals surface area contributed by atoms with Crippen molar-refractivity contribution in [2.45, 2.75) is 12.0 Å². The minimum atomic E-state index is -3.37. The van der Waals surface area contributed by atoms with Crippen molar-refractivity contribution in [1.82, 2.24) is 4.90 Å². The lowest BCUT2D eigenvalue weighted by molar-refractivity contribution is -0.130. The zero-order valence-corrected chi connectivity index (χ0v) is 19.4. The van der Waals surface area contributed by atoms with Gasteiger partial charge in [-0.2, -0.15) is 0 Å². The van der Waals surface area contributed by atoms with Crippen LogP contribution >= 0.6 is 0 Å². The summed E-state index contributed by atoms with van der Waals surface area (Å²) < 4.78 is 25.0. The number of rotatable bonds is 7. The molecule has 0 bridgehead atoms. The van der Waals surface area contributed by atoms with Crippen LogP contribution in [0.2, 0.25) is 0 Å². The Kier molecular flexibility index (Phi) is 5.95. The summed E-state index contributed by atoms with van der Waals surface area (Å²) in [6.45, 7) is 0.321. The molecule has 0 fully saturated rings. The first-order valence-electron chi connectivity index (χ1n) is 10.5. The van der Waals surface area contributed by atoms with Gasteiger partial charge in [-0.25, -0.2) is 13.4 Å². The first-order valence-corrected chi connectivity index (χ1v) is 12.4. The Bertz CT molecular complexity index is 1250. The molecule has 1 aliphatic rings. The zero-order chi connectivity index (χ0) is 23.6. The maximum atomic E-state index is 13.8. The largest absolute Gasteiger partial charge is 0.369 e. The highest BCUT2D eigenvalue weighted by Gasteiger charge is 2.50. The van der Waals surface area contributed by atoms with E-state index in [9.17, 15) is 13.2 Å². The summed E-state index contributed by atoms with van der Waals surface area (Å²) >= 11 is 0. The Morgan fingerprint density at radius 2 is 1.52 bits per heavy atom. The van der Waals surface area contributed by atoms with E-state index in [0.29, 0.717) is 18.7 Å². The van der Waals surface area contributed by atoms with E-state index in [4.69, 9.17) is 10.7 Å². The number of guanidine groups is 1. The summed E-state index contributed by atoms with van der Waals surface area (Å²) in [5.74, 6) is -0.0427. The molecule has 0 atom stereocenters. The average molecular weight is 463 g/mol. The summed E-state index contributed by atoms with van der Waals surface area (Å²) in [4.78, 5) is 20.0. The van der Waals surface area contributed by atoms with Gasteiger partial charge in [0, 0.05) is 13.6 Å². The summed E-state index contributed by atoms with van der Waals surface area (Å²) in [5, 5.41) is 0. The summed E-state index contributed by atoms with van der Waals surface area (Å²) in [7, 11) is -1.86. The van der Waals surface area contributed by atoms with E-state index in [-0.39, 0.29) is 11.9 Å². The zero-order valence-electron chi connectivity index (χ0n) is 18.5. The smallest absolute Gasteiger partial charge is 0.266 e. The van der Waals surface area contributed by atoms with Crippen molar-refractivity contribution in [1.29, 1.82) is 0 Å². The molecule has 0 aliphatic carbocycles. The molecule has 0 saturated heterocycles. The normalized spacial score (nSPS) is 15.4. The van der Waals surface area contributed by atoms with Gasteiger partial charge in [-0.15, -0.1) is 0 Å². The van der Waals surface area contributed by atoms with Gasteiger partial charge in [0.1, 0.15) is 0 Å². The van der Waals surface area contributed by atoms with E-state index in [0.717, 1.165) is 22.9 Å². The predicted molar refractivity (Wildman–Crippen MR) is 130 cm³/mol. The topological polar surface area (TPSA) is 96.1 Å². The van der Waals surface area contributed by atoms with Crippen LogP contribution in [0.1, 0.15) is 16.7 Å². The van der Waals surface area contributed by atoms with Gasteiger partial charge >= 0.3 is 0 Å². The minimum Gasteiger partial charge on any atom is -0.369 e. The van der Waals surface area contributed by atoms with Crippen LogP contribution in [0.15, 0.2) is 89.9 Å². The average Bonchev–Trinajstić information content (AvgIpc) is 3.08. The lowest BCUT2D eigenvalue weighted by atomic mass is 9.83. The number of carbonyl (C=O) groups excluding carboxylic acids is 1. The molecule has 0 unspecified atom stereocenters. The Hall–Kier alpha value is -3.65. The molecule has 33 heavy (non-hydrogen) atoms. The fraction of sp³-hybridized carbons (Fsp3) is 0.200. The third-order valence-electron chi connectivity index (χ3n) is 5.89. The van der Waals surface area contributed by atoms with Gasteiger partial charge in [0.25, 0.3) is 5.91 Å². The molecular weight excluding hydrogens is 436 g/mol. The fourth-order valence-electron chi connectivity index (χ4n) is 4.04. The number of hydrogen-bond acceptors (Lipinski definition) is 5. The Labute approximate surface area is 194 Å². The molecule has 0 radical (unpaired) electrons. The first kappa shape index (κ1) is 22.5. The second-order valence-electron chi connectivity index (χ2n) is 8.02. The monoisotopic (exact) mass is 462 g/mol. The van der Waals surface area contributed by atoms with Gasteiger partial charge in [-0.05, 0) is 35.2 Å². The molecule has 3 aromatic rings. The van der Waals surface area contributed by atoms with Crippen LogP contribution in [0.25, 0.3) is 0 Å². The number of benzene rings is 3. The predicted octanol–water partition coefficient (Wildman–Crippen LogP) is 2.73. The van der Waals surface area contributed by atoms with Crippen molar-refractivity contribution in [2.24, 2.45) is 10.7 Å². The van der Waals surface area contributed by atoms with Crippen molar-refractivity contribution < 1.29 is 13.2 Å². The van der Waals surface area contributed by atoms with E-state index < -0.39 is 15.6 Å². The molecule has 4 rings (SSSR count). The summed E-state index contributed by atoms with van der Waals surface area (Å²) in [6.07, 6.45) is 1.65. The SMILES string of the molecule is CN(c1cccc(CCN2C(=O)C(c3ccccc3)(c3ccccc3)N=C2N)c1)S(C)(=O)=O. The molecule has 0 saturated carbocycles. The summed E-state index contributed by atoms with van der Waals surface area (Å²) in [5.41, 5.74) is 8.01. The molecule has 1 heterocycles. The van der Waals surface area contributed by atoms with Crippen LogP contribution in [0, 0.1) is 0 Å². The number of carbonyl (C=O) groups is 1. The number of nitrogens with zero attached hydrogens (tertiary/aromatic N) is 3. The molecule has 8 heteroatoms. The fourth-order valence-corrected chi connectivity index (χ4v) is 4.53. The Balaban J connectivity index is 1.63. The lowest BCUT2D eigenvalue weighted by Gasteiger charge is -2.27. The lowest BCUT2D eigenvalue weighted by Crippen LogP contribution is -2.44. The molecular formula is C25H26N4O3S. The first-order chi connectivity index (χ1) is 15.7. The van der Waals surface area contributed by atoms with Crippen LogP contribution in [0.5, 0.6) is 0 Å². The van der Waals surface area contributed by atoms with E-state index in [1.807, 2.05) is 66.7 Å². The van der Waals surface area contributed by atoms with Crippen molar-refractivity contribution in [3.63, 3.8) is 0 Å². The Morgan fingerprint density at radius 3 is 2.06 bits per heavy atom. The van der Waals surface area contributed by atoms with Gasteiger partial charge in [0.05, 0.1) is 11.9 Å². The van der Waals surface area contributed by atoms with Gasteiger partial charge < -0.3 is 5.73 Å². The molecule has 3 aromatic carbocycles. The molecule has 0 spiro atoms. The van der Waals surface area contributed by atoms with Crippen LogP contribution in [0.3, 0.4) is 0 Å². The highest BCUT2D eigenvalue weighted by Crippen LogP contribution is 2.39. The van der Waals surface area contributed by atoms with Gasteiger partial charge in [0.2, 0.25) is 10.0 Å². The van der Waals surface area contributed by atoms with Crippen molar-refractivity contribution in [3.05, 3.63) is 102 Å². The van der Waals surface area contributed by atoms with Crippen molar-refractivity contribution in [2.75, 3.05) is 24.2 Å². The van der Waals surface area contributed by atoms with Crippen molar-refractivity contribution >= 4 is 27.6 Å². The molecule has 1 aliphatic heterocycles. The van der Waals surface area contributed by atoms with Crippen molar-refractivity contribution in [3.8, 4) is 0 Å². The highest BCUT2D eigenvalue weighted by molar-refractivity contribution is 7.92. The number of sulfonamides is 1. The van der Waals surface area contributed by atoms with Gasteiger partial charge in [0.15, 0.2) is 11.5 Å². The van der Waals surface area contributed by atoms with Gasteiger partial charge in [-0.3, -0.25) is 14.0 Å². The second-order valence-corrected chi connectivity index (χ2v) is 10.0. The number of anilines is 1. The maximum Gasteiger partial charge on any atom is 0.266 e. The highest BCUT2D eigenvalue weighted by atomic mass is 32.2. The standard InChI is InChI=1S/C25H26N4O3S/c1-28(33(2,31)32)22-15-9-10-19(18-22)16-17-29-23(30)25(27-24(29)26,20-11-5-3-6-12-20)21-13-7-4-8-14-21/h3-15,18H,16-17H2,1-2H3,(H2,26,27). The van der Waals surface area contributed by atoms with E-state index in [2.05, 4.69) is 0 Å². The van der Waals surface area contributed by atoms with Crippen LogP contribution < -0.4 is 10.0 Å². The maximum absolute atomic E-state index is 13.8.